The molecule has 0 spiro atoms. The summed E-state index contributed by atoms with van der Waals surface area (Å²) in [4.78, 5) is 3.78. The molecule has 0 aromatic carbocycles. The second-order valence-corrected chi connectivity index (χ2v) is 4.92. The van der Waals surface area contributed by atoms with Crippen LogP contribution < -0.4 is 0 Å². The van der Waals surface area contributed by atoms with Gasteiger partial charge in [0.15, 0.2) is 0 Å². The molecule has 2 heterocycles. The molecule has 80 valence electrons. The van der Waals surface area contributed by atoms with Crippen molar-refractivity contribution in [3.05, 3.63) is 32.2 Å². The minimum atomic E-state index is -4.38. The molecule has 0 aliphatic carbocycles. The van der Waals surface area contributed by atoms with Gasteiger partial charge in [-0.2, -0.15) is 13.2 Å². The van der Waals surface area contributed by atoms with Crippen LogP contribution in [0.25, 0.3) is 5.65 Å². The van der Waals surface area contributed by atoms with Crippen LogP contribution in [-0.4, -0.2) is 9.38 Å². The van der Waals surface area contributed by atoms with E-state index < -0.39 is 11.7 Å². The van der Waals surface area contributed by atoms with E-state index >= 15 is 0 Å². The number of fused-ring (bicyclic) bond motifs is 1. The van der Waals surface area contributed by atoms with E-state index in [1.807, 2.05) is 22.6 Å². The summed E-state index contributed by atoms with van der Waals surface area (Å²) < 4.78 is 40.2. The first-order valence-electron chi connectivity index (χ1n) is 3.79. The third-order valence-electron chi connectivity index (χ3n) is 1.79. The summed E-state index contributed by atoms with van der Waals surface area (Å²) in [5, 5.41) is 0. The lowest BCUT2D eigenvalue weighted by Crippen LogP contribution is -2.08. The molecule has 0 atom stereocenters. The number of halogens is 5. The SMILES string of the molecule is FC(F)(F)c1cc(I)cn2cc(Br)nc12. The van der Waals surface area contributed by atoms with Gasteiger partial charge in [-0.3, -0.25) is 0 Å². The number of rotatable bonds is 0. The van der Waals surface area contributed by atoms with Gasteiger partial charge in [0.25, 0.3) is 0 Å². The highest BCUT2D eigenvalue weighted by molar-refractivity contribution is 14.1. The van der Waals surface area contributed by atoms with E-state index in [1.54, 1.807) is 6.20 Å². The topological polar surface area (TPSA) is 17.3 Å². The third kappa shape index (κ3) is 2.12. The highest BCUT2D eigenvalue weighted by Gasteiger charge is 2.34. The van der Waals surface area contributed by atoms with Crippen LogP contribution >= 0.6 is 38.5 Å². The summed E-state index contributed by atoms with van der Waals surface area (Å²) in [6, 6.07) is 1.08. The molecular formula is C8H3BrF3IN2. The first-order valence-corrected chi connectivity index (χ1v) is 5.66. The van der Waals surface area contributed by atoms with Gasteiger partial charge in [0.05, 0.1) is 5.56 Å². The Morgan fingerprint density at radius 2 is 2.00 bits per heavy atom. The largest absolute Gasteiger partial charge is 0.420 e. The van der Waals surface area contributed by atoms with E-state index in [2.05, 4.69) is 20.9 Å². The molecule has 0 aliphatic heterocycles. The van der Waals surface area contributed by atoms with Gasteiger partial charge in [-0.1, -0.05) is 0 Å². The van der Waals surface area contributed by atoms with Crippen LogP contribution in [0.4, 0.5) is 13.2 Å². The smallest absolute Gasteiger partial charge is 0.304 e. The standard InChI is InChI=1S/C8H3BrF3IN2/c9-6-3-15-2-4(13)1-5(7(15)14-6)8(10,11)12/h1-3H. The predicted octanol–water partition coefficient (Wildman–Crippen LogP) is 3.72. The molecule has 0 unspecified atom stereocenters. The van der Waals surface area contributed by atoms with Crippen molar-refractivity contribution in [3.8, 4) is 0 Å². The van der Waals surface area contributed by atoms with E-state index in [4.69, 9.17) is 0 Å². The third-order valence-corrected chi connectivity index (χ3v) is 2.77. The van der Waals surface area contributed by atoms with E-state index in [9.17, 15) is 13.2 Å². The van der Waals surface area contributed by atoms with E-state index in [0.717, 1.165) is 6.07 Å². The molecule has 0 saturated heterocycles. The van der Waals surface area contributed by atoms with Crippen LogP contribution in [0, 0.1) is 3.57 Å². The Morgan fingerprint density at radius 3 is 2.60 bits per heavy atom. The molecule has 0 fully saturated rings. The van der Waals surface area contributed by atoms with Crippen molar-refractivity contribution >= 4 is 44.2 Å². The Bertz CT molecular complexity index is 520. The van der Waals surface area contributed by atoms with Crippen molar-refractivity contribution in [2.45, 2.75) is 6.18 Å². The second-order valence-electron chi connectivity index (χ2n) is 2.86. The monoisotopic (exact) mass is 390 g/mol. The second kappa shape index (κ2) is 3.62. The summed E-state index contributed by atoms with van der Waals surface area (Å²) in [7, 11) is 0. The maximum absolute atomic E-state index is 12.6. The maximum atomic E-state index is 12.6. The van der Waals surface area contributed by atoms with Crippen molar-refractivity contribution in [2.24, 2.45) is 0 Å². The van der Waals surface area contributed by atoms with Gasteiger partial charge in [0, 0.05) is 16.0 Å². The number of hydrogen-bond acceptors (Lipinski definition) is 1. The average molecular weight is 391 g/mol. The zero-order chi connectivity index (χ0) is 11.2. The number of aromatic nitrogens is 2. The molecule has 0 radical (unpaired) electrons. The summed E-state index contributed by atoms with van der Waals surface area (Å²) in [6.45, 7) is 0. The van der Waals surface area contributed by atoms with Crippen molar-refractivity contribution in [1.29, 1.82) is 0 Å². The van der Waals surface area contributed by atoms with Crippen LogP contribution in [0.5, 0.6) is 0 Å². The number of imidazole rings is 1. The molecule has 7 heteroatoms. The lowest BCUT2D eigenvalue weighted by molar-refractivity contribution is -0.136. The Balaban J connectivity index is 2.82. The molecule has 2 aromatic heterocycles. The Morgan fingerprint density at radius 1 is 1.33 bits per heavy atom. The zero-order valence-electron chi connectivity index (χ0n) is 7.02. The minimum absolute atomic E-state index is 0.0882. The molecule has 0 aliphatic rings. The van der Waals surface area contributed by atoms with Gasteiger partial charge in [-0.15, -0.1) is 0 Å². The van der Waals surface area contributed by atoms with Crippen LogP contribution in [0.1, 0.15) is 5.56 Å². The lowest BCUT2D eigenvalue weighted by Gasteiger charge is -2.08. The van der Waals surface area contributed by atoms with Gasteiger partial charge in [-0.05, 0) is 44.6 Å². The molecular weight excluding hydrogens is 388 g/mol. The fraction of sp³-hybridized carbons (Fsp3) is 0.125. The summed E-state index contributed by atoms with van der Waals surface area (Å²) in [6.07, 6.45) is -1.30. The quantitative estimate of drug-likeness (QED) is 0.627. The van der Waals surface area contributed by atoms with Gasteiger partial charge in [0.2, 0.25) is 0 Å². The first kappa shape index (κ1) is 11.2. The summed E-state index contributed by atoms with van der Waals surface area (Å²) in [5.41, 5.74) is -0.810. The van der Waals surface area contributed by atoms with Crippen molar-refractivity contribution in [3.63, 3.8) is 0 Å². The van der Waals surface area contributed by atoms with E-state index in [1.165, 1.54) is 10.6 Å². The van der Waals surface area contributed by atoms with Crippen molar-refractivity contribution in [1.82, 2.24) is 9.38 Å². The van der Waals surface area contributed by atoms with E-state index in [0.29, 0.717) is 8.17 Å². The fourth-order valence-electron chi connectivity index (χ4n) is 1.24. The summed E-state index contributed by atoms with van der Waals surface area (Å²) in [5.74, 6) is 0. The van der Waals surface area contributed by atoms with Crippen LogP contribution in [-0.2, 0) is 6.18 Å². The number of hydrogen-bond donors (Lipinski definition) is 0. The first-order chi connectivity index (χ1) is 6.88. The Kier molecular flexibility index (Phi) is 2.70. The normalized spacial score (nSPS) is 12.3. The molecule has 0 saturated carbocycles. The van der Waals surface area contributed by atoms with Gasteiger partial charge >= 0.3 is 6.18 Å². The molecule has 0 amide bonds. The van der Waals surface area contributed by atoms with Gasteiger partial charge < -0.3 is 4.40 Å². The molecule has 2 nitrogen and oxygen atoms in total. The number of nitrogens with zero attached hydrogens (tertiary/aromatic N) is 2. The van der Waals surface area contributed by atoms with Gasteiger partial charge in [-0.25, -0.2) is 4.98 Å². The molecule has 0 bridgehead atoms. The number of alkyl halides is 3. The highest BCUT2D eigenvalue weighted by atomic mass is 127. The summed E-state index contributed by atoms with van der Waals surface area (Å²) >= 11 is 4.89. The van der Waals surface area contributed by atoms with Crippen molar-refractivity contribution in [2.75, 3.05) is 0 Å². The van der Waals surface area contributed by atoms with Crippen LogP contribution in [0.15, 0.2) is 23.1 Å². The highest BCUT2D eigenvalue weighted by Crippen LogP contribution is 2.33. The molecule has 2 aromatic rings. The van der Waals surface area contributed by atoms with Crippen LogP contribution in [0.3, 0.4) is 0 Å². The lowest BCUT2D eigenvalue weighted by atomic mass is 10.2. The van der Waals surface area contributed by atoms with E-state index in [-0.39, 0.29) is 5.65 Å². The maximum Gasteiger partial charge on any atom is 0.420 e. The zero-order valence-corrected chi connectivity index (χ0v) is 10.8. The number of pyridine rings is 1. The van der Waals surface area contributed by atoms with Crippen LogP contribution in [0.2, 0.25) is 0 Å². The fourth-order valence-corrected chi connectivity index (χ4v) is 2.24. The predicted molar refractivity (Wildman–Crippen MR) is 60.6 cm³/mol. The van der Waals surface area contributed by atoms with Gasteiger partial charge in [0.1, 0.15) is 10.3 Å². The van der Waals surface area contributed by atoms with Crippen molar-refractivity contribution < 1.29 is 13.2 Å². The Labute approximate surface area is 105 Å². The molecule has 0 N–H and O–H groups in total. The molecule has 2 rings (SSSR count). The minimum Gasteiger partial charge on any atom is -0.304 e. The average Bonchev–Trinajstić information content (AvgIpc) is 2.41. The Hall–Kier alpha value is -0.310. The molecule has 15 heavy (non-hydrogen) atoms.